The number of aliphatic hydroxyl groups excluding tert-OH is 4. The van der Waals surface area contributed by atoms with E-state index in [2.05, 4.69) is 4.18 Å². The SMILES string of the molecule is O=CCC(O)[C@H]1O[C@H](OS(=O)(=O)O)[C@@H](O)[C@@H](O)[C@@H]1O. The van der Waals surface area contributed by atoms with Gasteiger partial charge in [-0.2, -0.15) is 8.42 Å². The number of carbonyl (C=O) groups excluding carboxylic acids is 1. The minimum atomic E-state index is -4.99. The van der Waals surface area contributed by atoms with Crippen LogP contribution in [0.1, 0.15) is 6.42 Å². The molecule has 0 spiro atoms. The van der Waals surface area contributed by atoms with Crippen molar-refractivity contribution < 1.29 is 47.1 Å². The van der Waals surface area contributed by atoms with Crippen LogP contribution >= 0.6 is 0 Å². The molecule has 19 heavy (non-hydrogen) atoms. The summed E-state index contributed by atoms with van der Waals surface area (Å²) in [5.74, 6) is 0. The molecule has 0 aliphatic carbocycles. The molecule has 11 heteroatoms. The molecular formula is C8H14O10S. The quantitative estimate of drug-likeness (QED) is 0.254. The van der Waals surface area contributed by atoms with Crippen LogP contribution in [-0.4, -0.2) is 76.5 Å². The van der Waals surface area contributed by atoms with Gasteiger partial charge in [-0.3, -0.25) is 4.55 Å². The van der Waals surface area contributed by atoms with Crippen molar-refractivity contribution in [2.45, 2.75) is 43.2 Å². The molecule has 0 radical (unpaired) electrons. The molecule has 1 rings (SSSR count). The van der Waals surface area contributed by atoms with Crippen molar-refractivity contribution in [3.8, 4) is 0 Å². The highest BCUT2D eigenvalue weighted by Gasteiger charge is 2.48. The van der Waals surface area contributed by atoms with Gasteiger partial charge in [0.05, 0.1) is 6.10 Å². The summed E-state index contributed by atoms with van der Waals surface area (Å²) in [6, 6.07) is 0. The summed E-state index contributed by atoms with van der Waals surface area (Å²) in [6.45, 7) is 0. The number of rotatable bonds is 5. The Morgan fingerprint density at radius 1 is 1.21 bits per heavy atom. The first-order valence-corrected chi connectivity index (χ1v) is 6.51. The molecule has 0 bridgehead atoms. The van der Waals surface area contributed by atoms with E-state index in [1.165, 1.54) is 0 Å². The zero-order valence-electron chi connectivity index (χ0n) is 9.43. The summed E-state index contributed by atoms with van der Waals surface area (Å²) in [5.41, 5.74) is 0. The molecule has 0 amide bonds. The maximum absolute atomic E-state index is 10.5. The van der Waals surface area contributed by atoms with E-state index in [0.717, 1.165) is 0 Å². The second kappa shape index (κ2) is 6.19. The molecule has 0 aromatic rings. The van der Waals surface area contributed by atoms with Crippen LogP contribution < -0.4 is 0 Å². The average molecular weight is 302 g/mol. The van der Waals surface area contributed by atoms with Crippen LogP contribution in [0.4, 0.5) is 0 Å². The Bertz CT molecular complexity index is 408. The smallest absolute Gasteiger partial charge is 0.390 e. The lowest BCUT2D eigenvalue weighted by Gasteiger charge is -2.40. The van der Waals surface area contributed by atoms with Gasteiger partial charge >= 0.3 is 10.4 Å². The van der Waals surface area contributed by atoms with Gasteiger partial charge in [0.2, 0.25) is 6.29 Å². The minimum Gasteiger partial charge on any atom is -0.390 e. The second-order valence-corrected chi connectivity index (χ2v) is 4.98. The number of carbonyl (C=O) groups is 1. The maximum Gasteiger partial charge on any atom is 0.399 e. The summed E-state index contributed by atoms with van der Waals surface area (Å²) in [7, 11) is -4.99. The molecule has 0 aromatic heterocycles. The Labute approximate surface area is 108 Å². The highest BCUT2D eigenvalue weighted by atomic mass is 32.3. The minimum absolute atomic E-state index is 0.316. The number of aldehydes is 1. The lowest BCUT2D eigenvalue weighted by molar-refractivity contribution is -0.288. The first-order valence-electron chi connectivity index (χ1n) is 5.14. The Morgan fingerprint density at radius 3 is 2.26 bits per heavy atom. The zero-order chi connectivity index (χ0) is 14.8. The maximum atomic E-state index is 10.5. The lowest BCUT2D eigenvalue weighted by atomic mass is 9.94. The van der Waals surface area contributed by atoms with Gasteiger partial charge in [0.1, 0.15) is 30.7 Å². The molecule has 0 aromatic carbocycles. The van der Waals surface area contributed by atoms with Gasteiger partial charge < -0.3 is 30.0 Å². The zero-order valence-corrected chi connectivity index (χ0v) is 10.3. The van der Waals surface area contributed by atoms with E-state index in [4.69, 9.17) is 9.29 Å². The molecule has 0 saturated carbocycles. The molecule has 1 saturated heterocycles. The van der Waals surface area contributed by atoms with Gasteiger partial charge in [-0.1, -0.05) is 0 Å². The molecule has 1 heterocycles. The normalized spacial score (nSPS) is 37.8. The molecular weight excluding hydrogens is 288 g/mol. The summed E-state index contributed by atoms with van der Waals surface area (Å²) in [4.78, 5) is 10.2. The summed E-state index contributed by atoms with van der Waals surface area (Å²) in [6.07, 6.45) is -10.9. The average Bonchev–Trinajstić information content (AvgIpc) is 2.28. The topological polar surface area (TPSA) is 171 Å². The summed E-state index contributed by atoms with van der Waals surface area (Å²) < 4.78 is 38.2. The van der Waals surface area contributed by atoms with Crippen molar-refractivity contribution in [2.75, 3.05) is 0 Å². The van der Waals surface area contributed by atoms with Crippen LogP contribution in [0.5, 0.6) is 0 Å². The Kier molecular flexibility index (Phi) is 5.34. The van der Waals surface area contributed by atoms with E-state index in [1.807, 2.05) is 0 Å². The van der Waals surface area contributed by atoms with Crippen LogP contribution in [0.2, 0.25) is 0 Å². The van der Waals surface area contributed by atoms with Gasteiger partial charge in [-0.05, 0) is 0 Å². The van der Waals surface area contributed by atoms with Crippen molar-refractivity contribution in [1.29, 1.82) is 0 Å². The fourth-order valence-electron chi connectivity index (χ4n) is 1.62. The second-order valence-electron chi connectivity index (χ2n) is 3.93. The first kappa shape index (κ1) is 16.4. The van der Waals surface area contributed by atoms with E-state index in [1.54, 1.807) is 0 Å². The fourth-order valence-corrected chi connectivity index (χ4v) is 2.02. The Hall–Kier alpha value is -0.660. The number of aliphatic hydroxyl groups is 4. The molecule has 1 aliphatic rings. The van der Waals surface area contributed by atoms with E-state index < -0.39 is 53.6 Å². The molecule has 10 nitrogen and oxygen atoms in total. The van der Waals surface area contributed by atoms with Crippen LogP contribution in [0.25, 0.3) is 0 Å². The predicted octanol–water partition coefficient (Wildman–Crippen LogP) is -3.44. The van der Waals surface area contributed by atoms with Gasteiger partial charge in [-0.25, -0.2) is 4.18 Å². The van der Waals surface area contributed by atoms with Gasteiger partial charge in [0.15, 0.2) is 0 Å². The summed E-state index contributed by atoms with van der Waals surface area (Å²) >= 11 is 0. The largest absolute Gasteiger partial charge is 0.399 e. The third-order valence-electron chi connectivity index (χ3n) is 2.54. The summed E-state index contributed by atoms with van der Waals surface area (Å²) in [5, 5.41) is 37.9. The standard InChI is InChI=1S/C8H14O10S/c9-2-1-3(10)7-5(12)4(11)6(13)8(17-7)18-19(14,15)16/h2-8,10-13H,1H2,(H,14,15,16)/t3?,4-,5-,6-,7+,8+/m0/s1. The molecule has 5 N–H and O–H groups in total. The van der Waals surface area contributed by atoms with E-state index in [9.17, 15) is 33.6 Å². The van der Waals surface area contributed by atoms with Crippen LogP contribution in [0, 0.1) is 0 Å². The van der Waals surface area contributed by atoms with E-state index in [-0.39, 0.29) is 0 Å². The van der Waals surface area contributed by atoms with Gasteiger partial charge in [-0.15, -0.1) is 0 Å². The van der Waals surface area contributed by atoms with Crippen molar-refractivity contribution in [1.82, 2.24) is 0 Å². The molecule has 1 fully saturated rings. The predicted molar refractivity (Wildman–Crippen MR) is 56.0 cm³/mol. The first-order chi connectivity index (χ1) is 8.67. The molecule has 1 unspecified atom stereocenters. The van der Waals surface area contributed by atoms with Crippen molar-refractivity contribution in [2.24, 2.45) is 0 Å². The van der Waals surface area contributed by atoms with Crippen molar-refractivity contribution in [3.63, 3.8) is 0 Å². The number of ether oxygens (including phenoxy) is 1. The number of hydrogen-bond acceptors (Lipinski definition) is 9. The van der Waals surface area contributed by atoms with Gasteiger partial charge in [0.25, 0.3) is 0 Å². The Balaban J connectivity index is 2.87. The van der Waals surface area contributed by atoms with Crippen LogP contribution in [0.3, 0.4) is 0 Å². The molecule has 112 valence electrons. The molecule has 6 atom stereocenters. The third-order valence-corrected chi connectivity index (χ3v) is 2.97. The van der Waals surface area contributed by atoms with Gasteiger partial charge in [0, 0.05) is 6.42 Å². The van der Waals surface area contributed by atoms with Crippen molar-refractivity contribution >= 4 is 16.7 Å². The highest BCUT2D eigenvalue weighted by molar-refractivity contribution is 7.80. The fraction of sp³-hybridized carbons (Fsp3) is 0.875. The monoisotopic (exact) mass is 302 g/mol. The van der Waals surface area contributed by atoms with Crippen LogP contribution in [0.15, 0.2) is 0 Å². The highest BCUT2D eigenvalue weighted by Crippen LogP contribution is 2.25. The Morgan fingerprint density at radius 2 is 1.79 bits per heavy atom. The molecule has 1 aliphatic heterocycles. The van der Waals surface area contributed by atoms with Crippen LogP contribution in [-0.2, 0) is 24.1 Å². The lowest BCUT2D eigenvalue weighted by Crippen LogP contribution is -2.61. The third kappa shape index (κ3) is 4.15. The number of hydrogen-bond donors (Lipinski definition) is 5. The van der Waals surface area contributed by atoms with E-state index >= 15 is 0 Å². The van der Waals surface area contributed by atoms with E-state index in [0.29, 0.717) is 6.29 Å². The van der Waals surface area contributed by atoms with Crippen molar-refractivity contribution in [3.05, 3.63) is 0 Å².